The van der Waals surface area contributed by atoms with Crippen molar-refractivity contribution < 1.29 is 23.7 Å². The van der Waals surface area contributed by atoms with E-state index in [1.165, 1.54) is 12.3 Å². The van der Waals surface area contributed by atoms with Gasteiger partial charge in [0.05, 0.1) is 13.3 Å². The number of hydrogen-bond donors (Lipinski definition) is 1. The van der Waals surface area contributed by atoms with Crippen LogP contribution in [0, 0.1) is 0 Å². The number of aromatic nitrogens is 1. The highest BCUT2D eigenvalue weighted by molar-refractivity contribution is 6.03. The predicted octanol–water partition coefficient (Wildman–Crippen LogP) is 3.00. The number of hydrogen-bond acceptors (Lipinski definition) is 6. The van der Waals surface area contributed by atoms with Crippen LogP contribution in [-0.2, 0) is 13.7 Å². The number of fused-ring (bicyclic) bond motifs is 1. The van der Waals surface area contributed by atoms with Crippen LogP contribution in [-0.4, -0.2) is 30.8 Å². The second-order valence-corrected chi connectivity index (χ2v) is 6.95. The molecule has 0 saturated carbocycles. The fraction of sp³-hybridized carbons (Fsp3) is 0.217. The molecule has 0 fully saturated rings. The molecule has 0 bridgehead atoms. The third-order valence-electron chi connectivity index (χ3n) is 4.76. The molecule has 1 aliphatic rings. The molecule has 0 spiro atoms. The third-order valence-corrected chi connectivity index (χ3v) is 4.76. The summed E-state index contributed by atoms with van der Waals surface area (Å²) >= 11 is 0. The van der Waals surface area contributed by atoms with E-state index >= 15 is 0 Å². The lowest BCUT2D eigenvalue weighted by molar-refractivity contribution is 0.101. The summed E-state index contributed by atoms with van der Waals surface area (Å²) in [5, 5.41) is 2.78. The Morgan fingerprint density at radius 3 is 2.71 bits per heavy atom. The Morgan fingerprint density at radius 2 is 1.90 bits per heavy atom. The van der Waals surface area contributed by atoms with Crippen LogP contribution >= 0.6 is 0 Å². The molecule has 1 aliphatic heterocycles. The third kappa shape index (κ3) is 4.63. The first-order valence-corrected chi connectivity index (χ1v) is 9.71. The maximum atomic E-state index is 12.7. The molecule has 8 heteroatoms. The summed E-state index contributed by atoms with van der Waals surface area (Å²) in [7, 11) is 3.26. The molecule has 2 heterocycles. The summed E-state index contributed by atoms with van der Waals surface area (Å²) in [5.41, 5.74) is 1.23. The number of nitrogens with one attached hydrogen (secondary N) is 1. The maximum Gasteiger partial charge on any atom is 0.272 e. The first-order chi connectivity index (χ1) is 15.0. The summed E-state index contributed by atoms with van der Waals surface area (Å²) in [6, 6.07) is 13.8. The molecule has 0 unspecified atom stereocenters. The van der Waals surface area contributed by atoms with Crippen molar-refractivity contribution in [1.29, 1.82) is 0 Å². The van der Waals surface area contributed by atoms with Gasteiger partial charge in [-0.1, -0.05) is 12.1 Å². The number of anilines is 1. The smallest absolute Gasteiger partial charge is 0.272 e. The van der Waals surface area contributed by atoms with Crippen molar-refractivity contribution in [2.45, 2.75) is 6.61 Å². The molecular weight excluding hydrogens is 400 g/mol. The van der Waals surface area contributed by atoms with Gasteiger partial charge in [-0.15, -0.1) is 0 Å². The van der Waals surface area contributed by atoms with Crippen LogP contribution in [0.4, 0.5) is 5.69 Å². The molecule has 0 radical (unpaired) electrons. The van der Waals surface area contributed by atoms with Gasteiger partial charge in [0.15, 0.2) is 17.2 Å². The van der Waals surface area contributed by atoms with Gasteiger partial charge in [0.25, 0.3) is 5.91 Å². The monoisotopic (exact) mass is 422 g/mol. The number of rotatable bonds is 6. The van der Waals surface area contributed by atoms with Crippen LogP contribution < -0.4 is 29.7 Å². The Bertz CT molecular complexity index is 1170. The summed E-state index contributed by atoms with van der Waals surface area (Å²) in [6.07, 6.45) is 1.50. The standard InChI is InChI=1S/C23H22N2O6/c1-25-13-22(31-14-15-4-3-5-17(10-15)28-2)19(26)12-18(25)23(27)24-16-6-7-20-21(11-16)30-9-8-29-20/h3-7,10-13H,8-9,14H2,1-2H3,(H,24,27). The van der Waals surface area contributed by atoms with E-state index in [2.05, 4.69) is 5.32 Å². The molecule has 0 atom stereocenters. The highest BCUT2D eigenvalue weighted by Crippen LogP contribution is 2.32. The largest absolute Gasteiger partial charge is 0.497 e. The number of aryl methyl sites for hydroxylation is 1. The van der Waals surface area contributed by atoms with Crippen molar-refractivity contribution in [3.63, 3.8) is 0 Å². The topological polar surface area (TPSA) is 88.0 Å². The van der Waals surface area contributed by atoms with Crippen LogP contribution in [0.5, 0.6) is 23.0 Å². The van der Waals surface area contributed by atoms with Crippen molar-refractivity contribution in [2.75, 3.05) is 25.6 Å². The van der Waals surface area contributed by atoms with Crippen molar-refractivity contribution in [3.8, 4) is 23.0 Å². The van der Waals surface area contributed by atoms with Gasteiger partial charge in [-0.05, 0) is 29.8 Å². The highest BCUT2D eigenvalue weighted by Gasteiger charge is 2.16. The normalized spacial score (nSPS) is 12.2. The Kier molecular flexibility index (Phi) is 5.79. The quantitative estimate of drug-likeness (QED) is 0.657. The number of methoxy groups -OCH3 is 1. The van der Waals surface area contributed by atoms with Gasteiger partial charge in [0.1, 0.15) is 31.3 Å². The van der Waals surface area contributed by atoms with Crippen LogP contribution in [0.25, 0.3) is 0 Å². The fourth-order valence-electron chi connectivity index (χ4n) is 3.18. The van der Waals surface area contributed by atoms with E-state index in [1.807, 2.05) is 24.3 Å². The lowest BCUT2D eigenvalue weighted by Crippen LogP contribution is -2.22. The molecule has 3 aromatic rings. The molecule has 1 aromatic heterocycles. The number of amides is 1. The van der Waals surface area contributed by atoms with Crippen molar-refractivity contribution in [1.82, 2.24) is 4.57 Å². The zero-order chi connectivity index (χ0) is 21.8. The van der Waals surface area contributed by atoms with Gasteiger partial charge in [-0.2, -0.15) is 0 Å². The number of carbonyl (C=O) groups excluding carboxylic acids is 1. The van der Waals surface area contributed by atoms with Gasteiger partial charge in [-0.3, -0.25) is 9.59 Å². The van der Waals surface area contributed by atoms with Gasteiger partial charge < -0.3 is 28.8 Å². The summed E-state index contributed by atoms with van der Waals surface area (Å²) in [5.74, 6) is 1.64. The Balaban J connectivity index is 1.47. The van der Waals surface area contributed by atoms with E-state index in [1.54, 1.807) is 36.9 Å². The first-order valence-electron chi connectivity index (χ1n) is 9.71. The molecule has 1 N–H and O–H groups in total. The number of pyridine rings is 1. The molecule has 0 aliphatic carbocycles. The van der Waals surface area contributed by atoms with E-state index < -0.39 is 5.91 Å². The van der Waals surface area contributed by atoms with E-state index in [0.717, 1.165) is 5.56 Å². The lowest BCUT2D eigenvalue weighted by Gasteiger charge is -2.19. The number of nitrogens with zero attached hydrogens (tertiary/aromatic N) is 1. The second kappa shape index (κ2) is 8.83. The molecule has 8 nitrogen and oxygen atoms in total. The summed E-state index contributed by atoms with van der Waals surface area (Å²) < 4.78 is 23.4. The summed E-state index contributed by atoms with van der Waals surface area (Å²) in [4.78, 5) is 25.2. The van der Waals surface area contributed by atoms with E-state index in [4.69, 9.17) is 18.9 Å². The number of benzene rings is 2. The molecule has 1 amide bonds. The van der Waals surface area contributed by atoms with Crippen LogP contribution in [0.3, 0.4) is 0 Å². The summed E-state index contributed by atoms with van der Waals surface area (Å²) in [6.45, 7) is 1.15. The van der Waals surface area contributed by atoms with Gasteiger partial charge in [0, 0.05) is 24.9 Å². The first kappa shape index (κ1) is 20.3. The van der Waals surface area contributed by atoms with Crippen LogP contribution in [0.15, 0.2) is 59.5 Å². The Hall–Kier alpha value is -3.94. The minimum atomic E-state index is -0.421. The number of carbonyl (C=O) groups is 1. The maximum absolute atomic E-state index is 12.7. The van der Waals surface area contributed by atoms with E-state index in [9.17, 15) is 9.59 Å². The zero-order valence-electron chi connectivity index (χ0n) is 17.2. The van der Waals surface area contributed by atoms with Crippen molar-refractivity contribution in [2.24, 2.45) is 7.05 Å². The average molecular weight is 422 g/mol. The predicted molar refractivity (Wildman–Crippen MR) is 114 cm³/mol. The van der Waals surface area contributed by atoms with Gasteiger partial charge in [-0.25, -0.2) is 0 Å². The van der Waals surface area contributed by atoms with E-state index in [0.29, 0.717) is 36.1 Å². The Morgan fingerprint density at radius 1 is 1.10 bits per heavy atom. The fourth-order valence-corrected chi connectivity index (χ4v) is 3.18. The van der Waals surface area contributed by atoms with E-state index in [-0.39, 0.29) is 23.5 Å². The molecule has 2 aromatic carbocycles. The van der Waals surface area contributed by atoms with Crippen LogP contribution in [0.2, 0.25) is 0 Å². The lowest BCUT2D eigenvalue weighted by atomic mass is 10.2. The molecular formula is C23H22N2O6. The average Bonchev–Trinajstić information content (AvgIpc) is 2.79. The van der Waals surface area contributed by atoms with Crippen molar-refractivity contribution in [3.05, 3.63) is 76.2 Å². The van der Waals surface area contributed by atoms with Crippen LogP contribution in [0.1, 0.15) is 16.1 Å². The molecule has 31 heavy (non-hydrogen) atoms. The minimum absolute atomic E-state index is 0.154. The molecule has 0 saturated heterocycles. The molecule has 160 valence electrons. The Labute approximate surface area is 178 Å². The highest BCUT2D eigenvalue weighted by atomic mass is 16.6. The second-order valence-electron chi connectivity index (χ2n) is 6.95. The SMILES string of the molecule is COc1cccc(COc2cn(C)c(C(=O)Nc3ccc4c(c3)OCCO4)cc2=O)c1. The van der Waals surface area contributed by atoms with Gasteiger partial charge in [0.2, 0.25) is 5.43 Å². The molecule has 4 rings (SSSR count). The van der Waals surface area contributed by atoms with Crippen molar-refractivity contribution >= 4 is 11.6 Å². The zero-order valence-corrected chi connectivity index (χ0v) is 17.2. The minimum Gasteiger partial charge on any atom is -0.497 e. The number of ether oxygens (including phenoxy) is 4. The van der Waals surface area contributed by atoms with Gasteiger partial charge >= 0.3 is 0 Å².